The smallest absolute Gasteiger partial charge is 0.0934 e. The molecule has 1 aromatic carbocycles. The number of hydrogen-bond acceptors (Lipinski definition) is 1. The van der Waals surface area contributed by atoms with Crippen LogP contribution < -0.4 is 10.2 Å². The number of benzene rings is 1. The quantitative estimate of drug-likeness (QED) is 0.833. The van der Waals surface area contributed by atoms with E-state index in [0.29, 0.717) is 0 Å². The van der Waals surface area contributed by atoms with Gasteiger partial charge in [0.05, 0.1) is 26.2 Å². The first-order valence-corrected chi connectivity index (χ1v) is 6.37. The highest BCUT2D eigenvalue weighted by Crippen LogP contribution is 2.25. The molecule has 2 nitrogen and oxygen atoms in total. The lowest BCUT2D eigenvalue weighted by atomic mass is 10.2. The largest absolute Gasteiger partial charge is 0.360 e. The fourth-order valence-corrected chi connectivity index (χ4v) is 3.00. The first-order chi connectivity index (χ1) is 6.75. The summed E-state index contributed by atoms with van der Waals surface area (Å²) >= 11 is 7.03. The van der Waals surface area contributed by atoms with Crippen LogP contribution in [0.5, 0.6) is 0 Å². The second-order valence-electron chi connectivity index (χ2n) is 3.48. The van der Waals surface area contributed by atoms with Gasteiger partial charge in [-0.25, -0.2) is 0 Å². The van der Waals surface area contributed by atoms with E-state index in [-0.39, 0.29) is 0 Å². The van der Waals surface area contributed by atoms with Gasteiger partial charge in [0, 0.05) is 14.6 Å². The molecule has 2 N–H and O–H groups in total. The van der Waals surface area contributed by atoms with E-state index in [2.05, 4.69) is 60.3 Å². The molecule has 4 heteroatoms. The van der Waals surface area contributed by atoms with Crippen LogP contribution in [-0.4, -0.2) is 26.2 Å². The molecular weight excluding hydrogens is 308 g/mol. The van der Waals surface area contributed by atoms with E-state index in [9.17, 15) is 0 Å². The van der Waals surface area contributed by atoms with Gasteiger partial charge in [0.1, 0.15) is 0 Å². The van der Waals surface area contributed by atoms with Crippen molar-refractivity contribution in [1.82, 2.24) is 0 Å². The SMILES string of the molecule is Brc1cc(Br)cc(N2CC[NH2+]CC2)c1. The van der Waals surface area contributed by atoms with Crippen molar-refractivity contribution in [3.63, 3.8) is 0 Å². The Hall–Kier alpha value is -0.0600. The highest BCUT2D eigenvalue weighted by molar-refractivity contribution is 9.11. The molecule has 1 fully saturated rings. The molecule has 0 aromatic heterocycles. The van der Waals surface area contributed by atoms with E-state index >= 15 is 0 Å². The van der Waals surface area contributed by atoms with Crippen LogP contribution in [0.25, 0.3) is 0 Å². The first-order valence-electron chi connectivity index (χ1n) is 4.78. The number of quaternary nitrogens is 1. The molecule has 1 heterocycles. The molecule has 14 heavy (non-hydrogen) atoms. The number of hydrogen-bond donors (Lipinski definition) is 1. The summed E-state index contributed by atoms with van der Waals surface area (Å²) in [4.78, 5) is 2.43. The molecule has 1 aliphatic rings. The normalized spacial score (nSPS) is 17.1. The number of piperazine rings is 1. The van der Waals surface area contributed by atoms with Crippen LogP contribution in [-0.2, 0) is 0 Å². The minimum Gasteiger partial charge on any atom is -0.360 e. The third-order valence-electron chi connectivity index (χ3n) is 2.42. The maximum Gasteiger partial charge on any atom is 0.0934 e. The van der Waals surface area contributed by atoms with Gasteiger partial charge in [0.2, 0.25) is 0 Å². The van der Waals surface area contributed by atoms with E-state index in [0.717, 1.165) is 22.0 Å². The summed E-state index contributed by atoms with van der Waals surface area (Å²) in [5.74, 6) is 0. The van der Waals surface area contributed by atoms with Gasteiger partial charge >= 0.3 is 0 Å². The van der Waals surface area contributed by atoms with Crippen LogP contribution in [0, 0.1) is 0 Å². The molecule has 0 saturated carbocycles. The summed E-state index contributed by atoms with van der Waals surface area (Å²) in [7, 11) is 0. The van der Waals surface area contributed by atoms with Crippen LogP contribution >= 0.6 is 31.9 Å². The van der Waals surface area contributed by atoms with Gasteiger partial charge in [-0.05, 0) is 18.2 Å². The lowest BCUT2D eigenvalue weighted by Crippen LogP contribution is -2.89. The van der Waals surface area contributed by atoms with Crippen molar-refractivity contribution in [2.75, 3.05) is 31.1 Å². The van der Waals surface area contributed by atoms with Gasteiger partial charge < -0.3 is 10.2 Å². The number of anilines is 1. The average Bonchev–Trinajstić information content (AvgIpc) is 2.18. The van der Waals surface area contributed by atoms with Gasteiger partial charge in [0.15, 0.2) is 0 Å². The third-order valence-corrected chi connectivity index (χ3v) is 3.33. The van der Waals surface area contributed by atoms with Crippen LogP contribution in [0.2, 0.25) is 0 Å². The maximum absolute atomic E-state index is 3.52. The fraction of sp³-hybridized carbons (Fsp3) is 0.400. The zero-order chi connectivity index (χ0) is 9.97. The predicted molar refractivity (Wildman–Crippen MR) is 65.7 cm³/mol. The Bertz CT molecular complexity index is 302. The summed E-state index contributed by atoms with van der Waals surface area (Å²) in [5, 5.41) is 2.36. The second kappa shape index (κ2) is 4.64. The van der Waals surface area contributed by atoms with Crippen molar-refractivity contribution >= 4 is 37.5 Å². The zero-order valence-corrected chi connectivity index (χ0v) is 11.0. The van der Waals surface area contributed by atoms with Gasteiger partial charge in [-0.2, -0.15) is 0 Å². The number of nitrogens with two attached hydrogens (primary N) is 1. The van der Waals surface area contributed by atoms with Crippen molar-refractivity contribution in [1.29, 1.82) is 0 Å². The summed E-state index contributed by atoms with van der Waals surface area (Å²) in [5.41, 5.74) is 1.30. The molecular formula is C10H13Br2N2+. The Morgan fingerprint density at radius 3 is 2.14 bits per heavy atom. The Labute approximate surface area is 101 Å². The highest BCUT2D eigenvalue weighted by Gasteiger charge is 2.13. The monoisotopic (exact) mass is 319 g/mol. The van der Waals surface area contributed by atoms with Gasteiger partial charge in [0.25, 0.3) is 0 Å². The molecule has 2 rings (SSSR count). The van der Waals surface area contributed by atoms with E-state index in [1.807, 2.05) is 0 Å². The molecule has 0 bridgehead atoms. The Morgan fingerprint density at radius 2 is 1.57 bits per heavy atom. The minimum absolute atomic E-state index is 1.14. The summed E-state index contributed by atoms with van der Waals surface area (Å²) < 4.78 is 2.27. The molecule has 0 amide bonds. The number of nitrogens with zero attached hydrogens (tertiary/aromatic N) is 1. The molecule has 0 spiro atoms. The highest BCUT2D eigenvalue weighted by atomic mass is 79.9. The molecule has 76 valence electrons. The fourth-order valence-electron chi connectivity index (χ4n) is 1.73. The van der Waals surface area contributed by atoms with E-state index in [1.165, 1.54) is 18.8 Å². The standard InChI is InChI=1S/C10H12Br2N2/c11-8-5-9(12)7-10(6-8)14-3-1-13-2-4-14/h5-7,13H,1-4H2/p+1. The van der Waals surface area contributed by atoms with Crippen LogP contribution in [0.3, 0.4) is 0 Å². The molecule has 0 radical (unpaired) electrons. The van der Waals surface area contributed by atoms with Crippen molar-refractivity contribution in [2.45, 2.75) is 0 Å². The summed E-state index contributed by atoms with van der Waals surface area (Å²) in [6, 6.07) is 6.42. The van der Waals surface area contributed by atoms with Crippen molar-refractivity contribution < 1.29 is 5.32 Å². The molecule has 1 saturated heterocycles. The van der Waals surface area contributed by atoms with Crippen molar-refractivity contribution in [3.05, 3.63) is 27.1 Å². The van der Waals surface area contributed by atoms with Crippen LogP contribution in [0.1, 0.15) is 0 Å². The van der Waals surface area contributed by atoms with E-state index in [4.69, 9.17) is 0 Å². The van der Waals surface area contributed by atoms with Gasteiger partial charge in [-0.1, -0.05) is 31.9 Å². The topological polar surface area (TPSA) is 19.9 Å². The van der Waals surface area contributed by atoms with Crippen molar-refractivity contribution in [3.8, 4) is 0 Å². The molecule has 0 aliphatic carbocycles. The second-order valence-corrected chi connectivity index (χ2v) is 5.31. The first kappa shape index (κ1) is 10.5. The Kier molecular flexibility index (Phi) is 3.47. The molecule has 0 atom stereocenters. The third kappa shape index (κ3) is 2.49. The summed E-state index contributed by atoms with van der Waals surface area (Å²) in [6.45, 7) is 4.68. The van der Waals surface area contributed by atoms with Gasteiger partial charge in [-0.15, -0.1) is 0 Å². The van der Waals surface area contributed by atoms with Crippen LogP contribution in [0.15, 0.2) is 27.1 Å². The number of halogens is 2. The van der Waals surface area contributed by atoms with Crippen molar-refractivity contribution in [2.24, 2.45) is 0 Å². The predicted octanol–water partition coefficient (Wildman–Crippen LogP) is 1.60. The summed E-state index contributed by atoms with van der Waals surface area (Å²) in [6.07, 6.45) is 0. The van der Waals surface area contributed by atoms with E-state index < -0.39 is 0 Å². The lowest BCUT2D eigenvalue weighted by Gasteiger charge is -2.27. The van der Waals surface area contributed by atoms with E-state index in [1.54, 1.807) is 0 Å². The average molecular weight is 321 g/mol. The van der Waals surface area contributed by atoms with Crippen LogP contribution in [0.4, 0.5) is 5.69 Å². The molecule has 1 aliphatic heterocycles. The zero-order valence-electron chi connectivity index (χ0n) is 7.84. The maximum atomic E-state index is 3.52. The molecule has 1 aromatic rings. The lowest BCUT2D eigenvalue weighted by molar-refractivity contribution is -0.655. The minimum atomic E-state index is 1.14. The Morgan fingerprint density at radius 1 is 1.00 bits per heavy atom. The number of rotatable bonds is 1. The Balaban J connectivity index is 2.21. The molecule has 0 unspecified atom stereocenters. The van der Waals surface area contributed by atoms with Gasteiger partial charge in [-0.3, -0.25) is 0 Å².